The van der Waals surface area contributed by atoms with Gasteiger partial charge in [-0.25, -0.2) is 4.57 Å². The van der Waals surface area contributed by atoms with Gasteiger partial charge in [-0.15, -0.1) is 0 Å². The maximum atomic E-state index is 6.73. The highest BCUT2D eigenvalue weighted by atomic mass is 28.3. The monoisotopic (exact) mass is 697 g/mol. The number of nitrogens with zero attached hydrogens (tertiary/aromatic N) is 2. The van der Waals surface area contributed by atoms with Crippen LogP contribution in [0.5, 0.6) is 0 Å². The van der Waals surface area contributed by atoms with Crippen LogP contribution < -0.4 is 9.75 Å². The zero-order valence-corrected chi connectivity index (χ0v) is 33.0. The number of benzene rings is 6. The fourth-order valence-electron chi connectivity index (χ4n) is 7.99. The third-order valence-corrected chi connectivity index (χ3v) is 13.0. The van der Waals surface area contributed by atoms with E-state index in [2.05, 4.69) is 192 Å². The fraction of sp³-hybridized carbons (Fsp3) is 0.229. The normalized spacial score (nSPS) is 12.3. The second kappa shape index (κ2) is 12.8. The first-order valence-corrected chi connectivity index (χ1v) is 22.2. The molecule has 4 heteroatoms. The van der Waals surface area contributed by atoms with Gasteiger partial charge in [-0.3, -0.25) is 0 Å². The van der Waals surface area contributed by atoms with Gasteiger partial charge in [0.05, 0.1) is 15.1 Å². The zero-order valence-electron chi connectivity index (χ0n) is 32.0. The van der Waals surface area contributed by atoms with E-state index < -0.39 is 8.07 Å². The molecule has 0 N–H and O–H groups in total. The summed E-state index contributed by atoms with van der Waals surface area (Å²) in [5, 5.41) is 3.78. The van der Waals surface area contributed by atoms with Gasteiger partial charge < -0.3 is 4.42 Å². The molecular weight excluding hydrogens is 649 g/mol. The van der Waals surface area contributed by atoms with E-state index in [-0.39, 0.29) is 0 Å². The molecule has 2 aromatic heterocycles. The summed E-state index contributed by atoms with van der Waals surface area (Å²) in [6.45, 7) is 18.7. The molecule has 260 valence electrons. The Labute approximate surface area is 309 Å². The Bertz CT molecular complexity index is 2580. The predicted molar refractivity (Wildman–Crippen MR) is 224 cm³/mol. The molecule has 0 saturated carbocycles. The number of aryl methyl sites for hydroxylation is 2. The molecule has 6 aromatic carbocycles. The van der Waals surface area contributed by atoms with Gasteiger partial charge in [0.2, 0.25) is 0 Å². The van der Waals surface area contributed by atoms with E-state index in [1.807, 2.05) is 0 Å². The van der Waals surface area contributed by atoms with Crippen molar-refractivity contribution in [3.8, 4) is 39.3 Å². The Balaban J connectivity index is 1.35. The van der Waals surface area contributed by atoms with E-state index in [0.717, 1.165) is 33.3 Å². The molecule has 0 unspecified atom stereocenters. The van der Waals surface area contributed by atoms with Crippen molar-refractivity contribution in [1.82, 2.24) is 4.57 Å². The van der Waals surface area contributed by atoms with Crippen molar-refractivity contribution in [1.29, 1.82) is 0 Å². The number of para-hydroxylation sites is 3. The number of aromatic nitrogens is 2. The molecule has 0 aliphatic rings. The first-order valence-electron chi connectivity index (χ1n) is 18.7. The molecule has 0 amide bonds. The lowest BCUT2D eigenvalue weighted by molar-refractivity contribution is -0.633. The predicted octanol–water partition coefficient (Wildman–Crippen LogP) is 12.5. The lowest BCUT2D eigenvalue weighted by Crippen LogP contribution is -2.37. The van der Waals surface area contributed by atoms with Gasteiger partial charge in [0.1, 0.15) is 16.8 Å². The third-order valence-electron chi connectivity index (χ3n) is 10.9. The van der Waals surface area contributed by atoms with Gasteiger partial charge in [0.25, 0.3) is 5.82 Å². The summed E-state index contributed by atoms with van der Waals surface area (Å²) < 4.78 is 11.6. The Morgan fingerprint density at radius 3 is 1.79 bits per heavy atom. The molecule has 0 bridgehead atoms. The number of imidazole rings is 1. The van der Waals surface area contributed by atoms with E-state index in [4.69, 9.17) is 4.42 Å². The minimum absolute atomic E-state index is 0.291. The molecule has 0 aliphatic heterocycles. The molecule has 8 rings (SSSR count). The smallest absolute Gasteiger partial charge is 0.299 e. The Hall–Kier alpha value is -5.19. The van der Waals surface area contributed by atoms with Crippen LogP contribution in [-0.2, 0) is 7.05 Å². The van der Waals surface area contributed by atoms with Crippen molar-refractivity contribution >= 4 is 46.2 Å². The van der Waals surface area contributed by atoms with Crippen LogP contribution in [0.1, 0.15) is 56.2 Å². The average molecular weight is 698 g/mol. The van der Waals surface area contributed by atoms with E-state index in [1.54, 1.807) is 0 Å². The second-order valence-electron chi connectivity index (χ2n) is 16.2. The molecule has 0 saturated heterocycles. The Morgan fingerprint density at radius 1 is 0.615 bits per heavy atom. The van der Waals surface area contributed by atoms with Gasteiger partial charge in [-0.2, -0.15) is 4.57 Å². The van der Waals surface area contributed by atoms with Crippen LogP contribution >= 0.6 is 0 Å². The van der Waals surface area contributed by atoms with Crippen LogP contribution in [0, 0.1) is 6.92 Å². The maximum absolute atomic E-state index is 6.73. The van der Waals surface area contributed by atoms with Gasteiger partial charge >= 0.3 is 0 Å². The first kappa shape index (κ1) is 33.9. The molecule has 8 aromatic rings. The molecule has 0 atom stereocenters. The number of hydrogen-bond donors (Lipinski definition) is 0. The van der Waals surface area contributed by atoms with Crippen molar-refractivity contribution in [2.45, 2.75) is 66.1 Å². The van der Waals surface area contributed by atoms with Gasteiger partial charge in [-0.1, -0.05) is 144 Å². The SMILES string of the molecule is Cc1ccc2c(oc3ccccc32)c1-c1n(-c2c(C(C)C)cc(-c3ccc(-c4ccc([Si](C)(C)C)cc4)cc3)cc2C(C)C)c2ccccc2[n+]1C. The van der Waals surface area contributed by atoms with Crippen molar-refractivity contribution in [3.05, 3.63) is 138 Å². The average Bonchev–Trinajstić information content (AvgIpc) is 3.65. The summed E-state index contributed by atoms with van der Waals surface area (Å²) >= 11 is 0. The number of furan rings is 1. The minimum Gasteiger partial charge on any atom is -0.455 e. The molecule has 2 heterocycles. The molecule has 52 heavy (non-hydrogen) atoms. The lowest BCUT2D eigenvalue weighted by Gasteiger charge is -2.21. The Morgan fingerprint density at radius 2 is 1.17 bits per heavy atom. The van der Waals surface area contributed by atoms with Gasteiger partial charge in [0, 0.05) is 21.9 Å². The van der Waals surface area contributed by atoms with E-state index >= 15 is 0 Å². The van der Waals surface area contributed by atoms with Crippen LogP contribution in [-0.4, -0.2) is 12.6 Å². The molecular formula is C48H49N2OSi+. The largest absolute Gasteiger partial charge is 0.455 e. The summed E-state index contributed by atoms with van der Waals surface area (Å²) in [4.78, 5) is 0. The number of hydrogen-bond acceptors (Lipinski definition) is 1. The van der Waals surface area contributed by atoms with Crippen LogP contribution in [0.2, 0.25) is 19.6 Å². The molecule has 0 spiro atoms. The van der Waals surface area contributed by atoms with Crippen molar-refractivity contribution in [2.75, 3.05) is 0 Å². The molecule has 0 aliphatic carbocycles. The highest BCUT2D eigenvalue weighted by Gasteiger charge is 2.34. The minimum atomic E-state index is -1.34. The number of fused-ring (bicyclic) bond motifs is 4. The third kappa shape index (κ3) is 5.61. The second-order valence-corrected chi connectivity index (χ2v) is 21.2. The maximum Gasteiger partial charge on any atom is 0.299 e. The summed E-state index contributed by atoms with van der Waals surface area (Å²) in [6, 6.07) is 45.0. The van der Waals surface area contributed by atoms with Crippen molar-refractivity contribution in [3.63, 3.8) is 0 Å². The number of rotatable bonds is 7. The lowest BCUT2D eigenvalue weighted by atomic mass is 9.87. The Kier molecular flexibility index (Phi) is 8.34. The summed E-state index contributed by atoms with van der Waals surface area (Å²) in [5.74, 6) is 1.71. The van der Waals surface area contributed by atoms with Crippen molar-refractivity contribution in [2.24, 2.45) is 7.05 Å². The van der Waals surface area contributed by atoms with E-state index in [9.17, 15) is 0 Å². The molecule has 3 nitrogen and oxygen atoms in total. The molecule has 0 fully saturated rings. The van der Waals surface area contributed by atoms with E-state index in [0.29, 0.717) is 11.8 Å². The standard InChI is InChI=1S/C48H49N2OSi/c1-30(2)40-28-36(35-21-19-33(20-22-35)34-23-25-37(26-24-34)52(7,8)9)29-41(31(3)4)46(40)50-43-16-12-11-15-42(43)49(6)48(50)45-32(5)18-27-39-38-14-10-13-17-44(38)51-47(39)45/h10-31H,1-9H3/q+1. The van der Waals surface area contributed by atoms with Crippen LogP contribution in [0.4, 0.5) is 0 Å². The summed E-state index contributed by atoms with van der Waals surface area (Å²) in [6.07, 6.45) is 0. The fourth-order valence-corrected chi connectivity index (χ4v) is 9.16. The summed E-state index contributed by atoms with van der Waals surface area (Å²) in [5.41, 5.74) is 15.5. The van der Waals surface area contributed by atoms with Crippen LogP contribution in [0.15, 0.2) is 126 Å². The van der Waals surface area contributed by atoms with Crippen molar-refractivity contribution < 1.29 is 8.98 Å². The topological polar surface area (TPSA) is 21.9 Å². The van der Waals surface area contributed by atoms with Crippen LogP contribution in [0.25, 0.3) is 72.3 Å². The summed E-state index contributed by atoms with van der Waals surface area (Å²) in [7, 11) is 0.866. The van der Waals surface area contributed by atoms with Crippen LogP contribution in [0.3, 0.4) is 0 Å². The van der Waals surface area contributed by atoms with Gasteiger partial charge in [0.15, 0.2) is 16.6 Å². The highest BCUT2D eigenvalue weighted by molar-refractivity contribution is 6.88. The highest BCUT2D eigenvalue weighted by Crippen LogP contribution is 2.43. The van der Waals surface area contributed by atoms with E-state index in [1.165, 1.54) is 60.9 Å². The van der Waals surface area contributed by atoms with Gasteiger partial charge in [-0.05, 0) is 76.9 Å². The first-order chi connectivity index (χ1) is 24.9. The molecule has 0 radical (unpaired) electrons. The zero-order chi connectivity index (χ0) is 36.5. The quantitative estimate of drug-likeness (QED) is 0.120.